The monoisotopic (exact) mass is 243 g/mol. The van der Waals surface area contributed by atoms with Gasteiger partial charge < -0.3 is 10.6 Å². The molecule has 5 heteroatoms. The predicted molar refractivity (Wildman–Crippen MR) is 72.8 cm³/mol. The first kappa shape index (κ1) is 12.3. The summed E-state index contributed by atoms with van der Waals surface area (Å²) in [7, 11) is 3.60. The van der Waals surface area contributed by atoms with Gasteiger partial charge in [0.1, 0.15) is 5.82 Å². The maximum absolute atomic E-state index is 4.34. The van der Waals surface area contributed by atoms with Crippen LogP contribution in [0.3, 0.4) is 0 Å². The van der Waals surface area contributed by atoms with Crippen molar-refractivity contribution in [3.8, 4) is 0 Å². The van der Waals surface area contributed by atoms with Crippen LogP contribution in [0.1, 0.15) is 11.4 Å². The van der Waals surface area contributed by atoms with Gasteiger partial charge in [0.05, 0.1) is 0 Å². The van der Waals surface area contributed by atoms with Gasteiger partial charge in [-0.1, -0.05) is 30.3 Å². The van der Waals surface area contributed by atoms with Gasteiger partial charge in [-0.15, -0.1) is 0 Å². The molecule has 0 aliphatic rings. The minimum Gasteiger partial charge on any atom is -0.357 e. The molecule has 2 rings (SSSR count). The smallest absolute Gasteiger partial charge is 0.227 e. The second-order valence-corrected chi connectivity index (χ2v) is 3.88. The van der Waals surface area contributed by atoms with Crippen molar-refractivity contribution in [1.82, 2.24) is 15.0 Å². The van der Waals surface area contributed by atoms with Crippen molar-refractivity contribution >= 4 is 11.9 Å². The molecule has 0 bridgehead atoms. The third-order valence-electron chi connectivity index (χ3n) is 2.61. The molecular formula is C13H17N5. The summed E-state index contributed by atoms with van der Waals surface area (Å²) in [5.41, 5.74) is 1.29. The average Bonchev–Trinajstić information content (AvgIpc) is 2.45. The molecule has 0 unspecified atom stereocenters. The molecule has 94 valence electrons. The molecule has 0 saturated carbocycles. The lowest BCUT2D eigenvalue weighted by atomic mass is 10.1. The molecule has 2 N–H and O–H groups in total. The number of benzene rings is 1. The highest BCUT2D eigenvalue weighted by molar-refractivity contribution is 5.33. The molecule has 2 aromatic rings. The minimum absolute atomic E-state index is 0.595. The Bertz CT molecular complexity index is 476. The third-order valence-corrected chi connectivity index (χ3v) is 2.61. The SMILES string of the molecule is CNc1nc(CCc2ccccc2)nc(NC)n1. The highest BCUT2D eigenvalue weighted by atomic mass is 15.2. The van der Waals surface area contributed by atoms with Crippen LogP contribution in [-0.2, 0) is 12.8 Å². The average molecular weight is 243 g/mol. The molecule has 0 spiro atoms. The summed E-state index contributed by atoms with van der Waals surface area (Å²) in [6, 6.07) is 10.3. The number of hydrogen-bond donors (Lipinski definition) is 2. The Morgan fingerprint density at radius 2 is 1.44 bits per heavy atom. The van der Waals surface area contributed by atoms with E-state index < -0.39 is 0 Å². The molecule has 1 aromatic carbocycles. The zero-order valence-corrected chi connectivity index (χ0v) is 10.6. The number of hydrogen-bond acceptors (Lipinski definition) is 5. The van der Waals surface area contributed by atoms with Crippen LogP contribution in [0.2, 0.25) is 0 Å². The lowest BCUT2D eigenvalue weighted by Crippen LogP contribution is -2.08. The molecule has 5 nitrogen and oxygen atoms in total. The second-order valence-electron chi connectivity index (χ2n) is 3.88. The van der Waals surface area contributed by atoms with Crippen molar-refractivity contribution in [1.29, 1.82) is 0 Å². The fourth-order valence-corrected chi connectivity index (χ4v) is 1.66. The van der Waals surface area contributed by atoms with Gasteiger partial charge >= 0.3 is 0 Å². The van der Waals surface area contributed by atoms with Crippen LogP contribution in [-0.4, -0.2) is 29.0 Å². The molecule has 18 heavy (non-hydrogen) atoms. The van der Waals surface area contributed by atoms with Crippen LogP contribution in [0.5, 0.6) is 0 Å². The molecule has 0 atom stereocenters. The van der Waals surface area contributed by atoms with Crippen molar-refractivity contribution in [2.45, 2.75) is 12.8 Å². The van der Waals surface area contributed by atoms with Gasteiger partial charge in [-0.2, -0.15) is 15.0 Å². The maximum Gasteiger partial charge on any atom is 0.227 e. The molecule has 1 heterocycles. The molecule has 0 fully saturated rings. The summed E-state index contributed by atoms with van der Waals surface area (Å²) in [5, 5.41) is 5.88. The van der Waals surface area contributed by atoms with E-state index in [1.807, 2.05) is 18.2 Å². The molecule has 0 aliphatic heterocycles. The van der Waals surface area contributed by atoms with Gasteiger partial charge in [-0.05, 0) is 12.0 Å². The highest BCUT2D eigenvalue weighted by Gasteiger charge is 2.04. The third kappa shape index (κ3) is 3.16. The number of aryl methyl sites for hydroxylation is 2. The molecule has 0 radical (unpaired) electrons. The summed E-state index contributed by atoms with van der Waals surface area (Å²) in [6.07, 6.45) is 1.73. The quantitative estimate of drug-likeness (QED) is 0.837. The van der Waals surface area contributed by atoms with Crippen molar-refractivity contribution in [2.24, 2.45) is 0 Å². The van der Waals surface area contributed by atoms with Gasteiger partial charge in [-0.3, -0.25) is 0 Å². The molecule has 0 saturated heterocycles. The highest BCUT2D eigenvalue weighted by Crippen LogP contribution is 2.08. The Hall–Kier alpha value is -2.17. The Morgan fingerprint density at radius 1 is 0.833 bits per heavy atom. The van der Waals surface area contributed by atoms with E-state index in [1.165, 1.54) is 5.56 Å². The minimum atomic E-state index is 0.595. The normalized spacial score (nSPS) is 10.1. The van der Waals surface area contributed by atoms with Crippen molar-refractivity contribution < 1.29 is 0 Å². The predicted octanol–water partition coefficient (Wildman–Crippen LogP) is 1.74. The van der Waals surface area contributed by atoms with Crippen LogP contribution in [0.4, 0.5) is 11.9 Å². The fourth-order valence-electron chi connectivity index (χ4n) is 1.66. The fraction of sp³-hybridized carbons (Fsp3) is 0.308. The van der Waals surface area contributed by atoms with Crippen LogP contribution in [0.25, 0.3) is 0 Å². The Balaban J connectivity index is 2.09. The maximum atomic E-state index is 4.34. The van der Waals surface area contributed by atoms with E-state index in [-0.39, 0.29) is 0 Å². The zero-order chi connectivity index (χ0) is 12.8. The summed E-state index contributed by atoms with van der Waals surface area (Å²) in [6.45, 7) is 0. The Morgan fingerprint density at radius 3 is 2.00 bits per heavy atom. The van der Waals surface area contributed by atoms with Gasteiger partial charge in [0.15, 0.2) is 0 Å². The molecular weight excluding hydrogens is 226 g/mol. The lowest BCUT2D eigenvalue weighted by molar-refractivity contribution is 0.842. The van der Waals surface area contributed by atoms with E-state index in [0.29, 0.717) is 11.9 Å². The zero-order valence-electron chi connectivity index (χ0n) is 10.6. The van der Waals surface area contributed by atoms with Crippen LogP contribution in [0.15, 0.2) is 30.3 Å². The standard InChI is InChI=1S/C13H17N5/c1-14-12-16-11(17-13(15-2)18-12)9-8-10-6-4-3-5-7-10/h3-7H,8-9H2,1-2H3,(H2,14,15,16,17,18). The molecule has 0 amide bonds. The first-order valence-corrected chi connectivity index (χ1v) is 5.96. The second kappa shape index (κ2) is 5.95. The van der Waals surface area contributed by atoms with E-state index in [4.69, 9.17) is 0 Å². The van der Waals surface area contributed by atoms with E-state index in [2.05, 4.69) is 37.7 Å². The van der Waals surface area contributed by atoms with Crippen molar-refractivity contribution in [3.63, 3.8) is 0 Å². The lowest BCUT2D eigenvalue weighted by Gasteiger charge is -2.06. The van der Waals surface area contributed by atoms with Gasteiger partial charge in [-0.25, -0.2) is 0 Å². The number of nitrogens with zero attached hydrogens (tertiary/aromatic N) is 3. The van der Waals surface area contributed by atoms with Crippen LogP contribution < -0.4 is 10.6 Å². The largest absolute Gasteiger partial charge is 0.357 e. The van der Waals surface area contributed by atoms with E-state index in [9.17, 15) is 0 Å². The summed E-state index contributed by atoms with van der Waals surface area (Å²) in [5.74, 6) is 1.98. The van der Waals surface area contributed by atoms with Crippen LogP contribution >= 0.6 is 0 Å². The first-order chi connectivity index (χ1) is 8.81. The van der Waals surface area contributed by atoms with Gasteiger partial charge in [0.2, 0.25) is 11.9 Å². The number of nitrogens with one attached hydrogen (secondary N) is 2. The summed E-state index contributed by atoms with van der Waals surface area (Å²) in [4.78, 5) is 12.9. The van der Waals surface area contributed by atoms with E-state index in [1.54, 1.807) is 14.1 Å². The number of rotatable bonds is 5. The molecule has 1 aromatic heterocycles. The number of anilines is 2. The summed E-state index contributed by atoms with van der Waals surface area (Å²) >= 11 is 0. The first-order valence-electron chi connectivity index (χ1n) is 5.96. The number of aromatic nitrogens is 3. The van der Waals surface area contributed by atoms with Gasteiger partial charge in [0, 0.05) is 20.5 Å². The van der Waals surface area contributed by atoms with E-state index >= 15 is 0 Å². The van der Waals surface area contributed by atoms with Crippen molar-refractivity contribution in [2.75, 3.05) is 24.7 Å². The Kier molecular flexibility index (Phi) is 4.06. The van der Waals surface area contributed by atoms with Gasteiger partial charge in [0.25, 0.3) is 0 Å². The van der Waals surface area contributed by atoms with E-state index in [0.717, 1.165) is 18.7 Å². The topological polar surface area (TPSA) is 62.7 Å². The van der Waals surface area contributed by atoms with Crippen LogP contribution in [0, 0.1) is 0 Å². The molecule has 0 aliphatic carbocycles. The Labute approximate surface area is 107 Å². The summed E-state index contributed by atoms with van der Waals surface area (Å²) < 4.78 is 0. The van der Waals surface area contributed by atoms with Crippen molar-refractivity contribution in [3.05, 3.63) is 41.7 Å².